The average Bonchev–Trinajstić information content (AvgIpc) is 2.68. The summed E-state index contributed by atoms with van der Waals surface area (Å²) in [6, 6.07) is 0.193. The largest absolute Gasteiger partial charge is 0.373 e. The van der Waals surface area contributed by atoms with Gasteiger partial charge in [-0.25, -0.2) is 0 Å². The second-order valence-electron chi connectivity index (χ2n) is 8.48. The number of rotatable bonds is 8. The van der Waals surface area contributed by atoms with Gasteiger partial charge >= 0.3 is 0 Å². The van der Waals surface area contributed by atoms with E-state index in [-0.39, 0.29) is 17.6 Å². The van der Waals surface area contributed by atoms with Crippen LogP contribution in [0.15, 0.2) is 4.99 Å². The van der Waals surface area contributed by atoms with Crippen molar-refractivity contribution in [3.8, 4) is 0 Å². The van der Waals surface area contributed by atoms with E-state index in [4.69, 9.17) is 4.74 Å². The van der Waals surface area contributed by atoms with E-state index < -0.39 is 0 Å². The molecule has 0 unspecified atom stereocenters. The number of piperazine rings is 1. The summed E-state index contributed by atoms with van der Waals surface area (Å²) in [5.41, 5.74) is -0.0407. The van der Waals surface area contributed by atoms with Gasteiger partial charge in [-0.3, -0.25) is 14.7 Å². The zero-order valence-corrected chi connectivity index (χ0v) is 18.4. The number of nitrogens with one attached hydrogen (secondary N) is 2. The van der Waals surface area contributed by atoms with Crippen LogP contribution in [-0.4, -0.2) is 86.2 Å². The highest BCUT2D eigenvalue weighted by molar-refractivity contribution is 5.80. The summed E-state index contributed by atoms with van der Waals surface area (Å²) in [4.78, 5) is 21.0. The second-order valence-corrected chi connectivity index (χ2v) is 8.48. The molecule has 0 spiro atoms. The van der Waals surface area contributed by atoms with E-state index in [9.17, 15) is 4.79 Å². The van der Waals surface area contributed by atoms with Gasteiger partial charge in [0.2, 0.25) is 5.91 Å². The van der Waals surface area contributed by atoms with E-state index in [0.717, 1.165) is 64.6 Å². The summed E-state index contributed by atoms with van der Waals surface area (Å²) >= 11 is 0. The zero-order valence-electron chi connectivity index (χ0n) is 18.4. The van der Waals surface area contributed by atoms with Crippen molar-refractivity contribution in [3.05, 3.63) is 0 Å². The van der Waals surface area contributed by atoms with Crippen LogP contribution in [0.5, 0.6) is 0 Å². The number of ether oxygens (including phenoxy) is 1. The minimum atomic E-state index is -0.0407. The maximum absolute atomic E-state index is 12.0. The highest BCUT2D eigenvalue weighted by Gasteiger charge is 2.33. The quantitative estimate of drug-likeness (QED) is 0.485. The van der Waals surface area contributed by atoms with E-state index in [1.165, 1.54) is 19.3 Å². The predicted octanol–water partition coefficient (Wildman–Crippen LogP) is 1.83. The average molecular weight is 396 g/mol. The van der Waals surface area contributed by atoms with Gasteiger partial charge in [-0.2, -0.15) is 0 Å². The predicted molar refractivity (Wildman–Crippen MR) is 115 cm³/mol. The third-order valence-corrected chi connectivity index (χ3v) is 5.65. The van der Waals surface area contributed by atoms with Crippen LogP contribution >= 0.6 is 0 Å². The number of aliphatic imine (C=N–C) groups is 1. The Hall–Kier alpha value is -1.34. The standard InChI is InChI=1S/C21H41N5O2/c1-5-15-28-21(9-7-6-8-10-21)17-23-20(22-4)26-13-11-25(12-14-26)16-19(27)24-18(2)3/h18H,5-17H2,1-4H3,(H,22,23)(H,24,27). The fraction of sp³-hybridized carbons (Fsp3) is 0.905. The summed E-state index contributed by atoms with van der Waals surface area (Å²) in [7, 11) is 1.85. The van der Waals surface area contributed by atoms with Crippen molar-refractivity contribution < 1.29 is 9.53 Å². The molecule has 0 aromatic carbocycles. The number of amides is 1. The molecule has 2 aliphatic rings. The number of nitrogens with zero attached hydrogens (tertiary/aromatic N) is 3. The van der Waals surface area contributed by atoms with Crippen LogP contribution in [0.25, 0.3) is 0 Å². The summed E-state index contributed by atoms with van der Waals surface area (Å²) < 4.78 is 6.31. The SMILES string of the molecule is CCCOC1(CNC(=NC)N2CCN(CC(=O)NC(C)C)CC2)CCCCC1. The highest BCUT2D eigenvalue weighted by atomic mass is 16.5. The first-order valence-electron chi connectivity index (χ1n) is 11.1. The molecular weight excluding hydrogens is 354 g/mol. The lowest BCUT2D eigenvalue weighted by Crippen LogP contribution is -2.56. The number of carbonyl (C=O) groups is 1. The Kier molecular flexibility index (Phi) is 9.51. The lowest BCUT2D eigenvalue weighted by Gasteiger charge is -2.40. The molecule has 7 heteroatoms. The van der Waals surface area contributed by atoms with Crippen LogP contribution in [0, 0.1) is 0 Å². The Bertz CT molecular complexity index is 495. The number of guanidine groups is 1. The molecule has 0 bridgehead atoms. The minimum absolute atomic E-state index is 0.0407. The molecule has 1 aliphatic carbocycles. The molecule has 0 aromatic rings. The van der Waals surface area contributed by atoms with Crippen LogP contribution in [0.4, 0.5) is 0 Å². The van der Waals surface area contributed by atoms with E-state index >= 15 is 0 Å². The highest BCUT2D eigenvalue weighted by Crippen LogP contribution is 2.31. The molecular formula is C21H41N5O2. The minimum Gasteiger partial charge on any atom is -0.373 e. The second kappa shape index (κ2) is 11.6. The molecule has 2 N–H and O–H groups in total. The van der Waals surface area contributed by atoms with Crippen molar-refractivity contribution in [2.75, 3.05) is 52.9 Å². The molecule has 1 saturated carbocycles. The molecule has 0 radical (unpaired) electrons. The van der Waals surface area contributed by atoms with Crippen LogP contribution in [0.2, 0.25) is 0 Å². The third-order valence-electron chi connectivity index (χ3n) is 5.65. The summed E-state index contributed by atoms with van der Waals surface area (Å²) in [6.45, 7) is 11.8. The molecule has 7 nitrogen and oxygen atoms in total. The van der Waals surface area contributed by atoms with Gasteiger partial charge in [0.1, 0.15) is 0 Å². The van der Waals surface area contributed by atoms with E-state index in [1.54, 1.807) is 0 Å². The monoisotopic (exact) mass is 395 g/mol. The van der Waals surface area contributed by atoms with Crippen molar-refractivity contribution >= 4 is 11.9 Å². The zero-order chi connectivity index (χ0) is 20.4. The van der Waals surface area contributed by atoms with E-state index in [0.29, 0.717) is 6.54 Å². The molecule has 0 aromatic heterocycles. The first-order valence-corrected chi connectivity index (χ1v) is 11.1. The lowest BCUT2D eigenvalue weighted by atomic mass is 9.84. The summed E-state index contributed by atoms with van der Waals surface area (Å²) in [5.74, 6) is 1.06. The van der Waals surface area contributed by atoms with E-state index in [1.807, 2.05) is 20.9 Å². The van der Waals surface area contributed by atoms with Crippen molar-refractivity contribution in [2.45, 2.75) is 70.9 Å². The van der Waals surface area contributed by atoms with Crippen LogP contribution in [0.3, 0.4) is 0 Å². The molecule has 1 amide bonds. The first kappa shape index (κ1) is 22.9. The van der Waals surface area contributed by atoms with Crippen LogP contribution in [-0.2, 0) is 9.53 Å². The fourth-order valence-corrected chi connectivity index (χ4v) is 4.15. The Morgan fingerprint density at radius 2 is 1.82 bits per heavy atom. The van der Waals surface area contributed by atoms with Crippen molar-refractivity contribution in [1.29, 1.82) is 0 Å². The summed E-state index contributed by atoms with van der Waals surface area (Å²) in [5, 5.41) is 6.56. The normalized spacial score (nSPS) is 21.0. The smallest absolute Gasteiger partial charge is 0.234 e. The van der Waals surface area contributed by atoms with Gasteiger partial charge in [-0.15, -0.1) is 0 Å². The Morgan fingerprint density at radius 1 is 1.14 bits per heavy atom. The Balaban J connectivity index is 1.81. The molecule has 162 valence electrons. The van der Waals surface area contributed by atoms with Gasteiger partial charge in [0, 0.05) is 52.4 Å². The molecule has 1 aliphatic heterocycles. The van der Waals surface area contributed by atoms with Crippen molar-refractivity contribution in [2.24, 2.45) is 4.99 Å². The van der Waals surface area contributed by atoms with Gasteiger partial charge in [-0.05, 0) is 33.1 Å². The lowest BCUT2D eigenvalue weighted by molar-refractivity contribution is -0.123. The number of hydrogen-bond donors (Lipinski definition) is 2. The Labute approximate surface area is 171 Å². The molecule has 0 atom stereocenters. The molecule has 1 saturated heterocycles. The Morgan fingerprint density at radius 3 is 2.39 bits per heavy atom. The van der Waals surface area contributed by atoms with Gasteiger partial charge in [0.25, 0.3) is 0 Å². The van der Waals surface area contributed by atoms with Crippen LogP contribution in [0.1, 0.15) is 59.3 Å². The fourth-order valence-electron chi connectivity index (χ4n) is 4.15. The molecule has 2 rings (SSSR count). The van der Waals surface area contributed by atoms with Gasteiger partial charge in [-0.1, -0.05) is 26.2 Å². The van der Waals surface area contributed by atoms with Gasteiger partial charge in [0.15, 0.2) is 5.96 Å². The maximum atomic E-state index is 12.0. The van der Waals surface area contributed by atoms with Gasteiger partial charge in [0.05, 0.1) is 12.1 Å². The number of hydrogen-bond acceptors (Lipinski definition) is 4. The third kappa shape index (κ3) is 7.24. The molecule has 28 heavy (non-hydrogen) atoms. The van der Waals surface area contributed by atoms with Gasteiger partial charge < -0.3 is 20.3 Å². The molecule has 1 heterocycles. The first-order chi connectivity index (χ1) is 13.5. The van der Waals surface area contributed by atoms with Crippen molar-refractivity contribution in [1.82, 2.24) is 20.4 Å². The molecule has 2 fully saturated rings. The van der Waals surface area contributed by atoms with Crippen molar-refractivity contribution in [3.63, 3.8) is 0 Å². The van der Waals surface area contributed by atoms with Crippen LogP contribution < -0.4 is 10.6 Å². The summed E-state index contributed by atoms with van der Waals surface area (Å²) in [6.07, 6.45) is 7.15. The van der Waals surface area contributed by atoms with E-state index in [2.05, 4.69) is 32.3 Å². The number of carbonyl (C=O) groups excluding carboxylic acids is 1. The topological polar surface area (TPSA) is 69.2 Å². The maximum Gasteiger partial charge on any atom is 0.234 e.